The highest BCUT2D eigenvalue weighted by Gasteiger charge is 2.39. The fourth-order valence-corrected chi connectivity index (χ4v) is 3.66. The minimum absolute atomic E-state index is 0.123. The van der Waals surface area contributed by atoms with Gasteiger partial charge in [0.2, 0.25) is 0 Å². The predicted octanol–water partition coefficient (Wildman–Crippen LogP) is 5.19. The number of halogens is 1. The molecule has 1 aliphatic carbocycles. The van der Waals surface area contributed by atoms with Crippen molar-refractivity contribution < 1.29 is 4.74 Å². The van der Waals surface area contributed by atoms with Gasteiger partial charge in [-0.3, -0.25) is 0 Å². The summed E-state index contributed by atoms with van der Waals surface area (Å²) >= 11 is 6.69. The largest absolute Gasteiger partial charge is 0.494 e. The van der Waals surface area contributed by atoms with E-state index in [1.54, 1.807) is 0 Å². The van der Waals surface area contributed by atoms with Crippen molar-refractivity contribution in [1.82, 2.24) is 0 Å². The first-order valence-electron chi connectivity index (χ1n) is 6.91. The molecule has 18 heavy (non-hydrogen) atoms. The van der Waals surface area contributed by atoms with Gasteiger partial charge >= 0.3 is 0 Å². The van der Waals surface area contributed by atoms with Crippen molar-refractivity contribution in [2.45, 2.75) is 45.4 Å². The Morgan fingerprint density at radius 1 is 1.33 bits per heavy atom. The van der Waals surface area contributed by atoms with Crippen molar-refractivity contribution >= 4 is 11.6 Å². The maximum Gasteiger partial charge on any atom is 0.119 e. The summed E-state index contributed by atoms with van der Waals surface area (Å²) in [5.74, 6) is 1.51. The normalized spacial score (nSPS) is 23.9. The van der Waals surface area contributed by atoms with Crippen LogP contribution in [0.25, 0.3) is 0 Å². The average molecular weight is 267 g/mol. The van der Waals surface area contributed by atoms with Gasteiger partial charge in [0.25, 0.3) is 0 Å². The van der Waals surface area contributed by atoms with Gasteiger partial charge in [-0.1, -0.05) is 32.4 Å². The summed E-state index contributed by atoms with van der Waals surface area (Å²) in [7, 11) is 0. The molecule has 1 nitrogen and oxygen atoms in total. The molecule has 0 aliphatic heterocycles. The highest BCUT2D eigenvalue weighted by molar-refractivity contribution is 6.21. The zero-order valence-electron chi connectivity index (χ0n) is 11.6. The minimum atomic E-state index is 0.123. The highest BCUT2D eigenvalue weighted by Crippen LogP contribution is 2.51. The Kier molecular flexibility index (Phi) is 4.21. The van der Waals surface area contributed by atoms with Crippen LogP contribution in [0.2, 0.25) is 0 Å². The molecule has 1 aromatic rings. The number of benzene rings is 1. The SMILES string of the molecule is CCOc1ccc(C(Cl)C2CCCC2(C)C)cc1. The molecule has 2 rings (SSSR count). The first kappa shape index (κ1) is 13.7. The molecule has 1 aromatic carbocycles. The molecule has 1 aliphatic rings. The average Bonchev–Trinajstić information content (AvgIpc) is 2.69. The molecule has 0 N–H and O–H groups in total. The van der Waals surface area contributed by atoms with Gasteiger partial charge in [0.05, 0.1) is 12.0 Å². The van der Waals surface area contributed by atoms with Gasteiger partial charge in [0, 0.05) is 0 Å². The lowest BCUT2D eigenvalue weighted by molar-refractivity contribution is 0.252. The van der Waals surface area contributed by atoms with Crippen molar-refractivity contribution in [2.24, 2.45) is 11.3 Å². The third-order valence-electron chi connectivity index (χ3n) is 4.20. The van der Waals surface area contributed by atoms with Crippen LogP contribution in [-0.2, 0) is 0 Å². The van der Waals surface area contributed by atoms with Crippen LogP contribution < -0.4 is 4.74 Å². The maximum atomic E-state index is 6.69. The molecule has 1 fully saturated rings. The summed E-state index contributed by atoms with van der Waals surface area (Å²) in [6.45, 7) is 7.39. The first-order chi connectivity index (χ1) is 8.54. The van der Waals surface area contributed by atoms with E-state index in [1.165, 1.54) is 24.8 Å². The molecule has 0 spiro atoms. The highest BCUT2D eigenvalue weighted by atomic mass is 35.5. The van der Waals surface area contributed by atoms with Crippen LogP contribution in [0.4, 0.5) is 0 Å². The van der Waals surface area contributed by atoms with Gasteiger partial charge in [-0.05, 0) is 48.8 Å². The molecule has 100 valence electrons. The van der Waals surface area contributed by atoms with E-state index in [-0.39, 0.29) is 5.38 Å². The molecule has 2 unspecified atom stereocenters. The predicted molar refractivity (Wildman–Crippen MR) is 77.3 cm³/mol. The van der Waals surface area contributed by atoms with Crippen LogP contribution in [0.15, 0.2) is 24.3 Å². The summed E-state index contributed by atoms with van der Waals surface area (Å²) in [5, 5.41) is 0.123. The van der Waals surface area contributed by atoms with E-state index in [0.29, 0.717) is 17.9 Å². The quantitative estimate of drug-likeness (QED) is 0.682. The topological polar surface area (TPSA) is 9.23 Å². The zero-order valence-corrected chi connectivity index (χ0v) is 12.3. The fraction of sp³-hybridized carbons (Fsp3) is 0.625. The van der Waals surface area contributed by atoms with E-state index in [4.69, 9.17) is 16.3 Å². The van der Waals surface area contributed by atoms with Crippen molar-refractivity contribution in [2.75, 3.05) is 6.61 Å². The number of hydrogen-bond donors (Lipinski definition) is 0. The first-order valence-corrected chi connectivity index (χ1v) is 7.35. The van der Waals surface area contributed by atoms with Gasteiger partial charge < -0.3 is 4.74 Å². The summed E-state index contributed by atoms with van der Waals surface area (Å²) in [6, 6.07) is 8.26. The molecule has 0 amide bonds. The van der Waals surface area contributed by atoms with Crippen LogP contribution in [-0.4, -0.2) is 6.61 Å². The van der Waals surface area contributed by atoms with E-state index in [9.17, 15) is 0 Å². The Morgan fingerprint density at radius 2 is 2.00 bits per heavy atom. The Labute approximate surface area is 115 Å². The van der Waals surface area contributed by atoms with E-state index in [2.05, 4.69) is 26.0 Å². The number of ether oxygens (including phenoxy) is 1. The second-order valence-corrected chi connectivity index (χ2v) is 6.36. The molecule has 1 saturated carbocycles. The Bertz CT molecular complexity index is 383. The van der Waals surface area contributed by atoms with Crippen molar-refractivity contribution in [3.8, 4) is 5.75 Å². The van der Waals surface area contributed by atoms with Gasteiger partial charge in [-0.25, -0.2) is 0 Å². The smallest absolute Gasteiger partial charge is 0.119 e. The second kappa shape index (κ2) is 5.52. The summed E-state index contributed by atoms with van der Waals surface area (Å²) in [5.41, 5.74) is 1.59. The molecule has 0 heterocycles. The van der Waals surface area contributed by atoms with Crippen molar-refractivity contribution in [3.05, 3.63) is 29.8 Å². The standard InChI is InChI=1S/C16H23ClO/c1-4-18-13-9-7-12(8-10-13)15(17)14-6-5-11-16(14,2)3/h7-10,14-15H,4-6,11H2,1-3H3. The summed E-state index contributed by atoms with van der Waals surface area (Å²) < 4.78 is 5.46. The molecule has 2 heteroatoms. The maximum absolute atomic E-state index is 6.69. The third-order valence-corrected chi connectivity index (χ3v) is 4.76. The molecular weight excluding hydrogens is 244 g/mol. The summed E-state index contributed by atoms with van der Waals surface area (Å²) in [6.07, 6.45) is 3.84. The van der Waals surface area contributed by atoms with Crippen LogP contribution in [0.1, 0.15) is 51.0 Å². The van der Waals surface area contributed by atoms with Crippen molar-refractivity contribution in [3.63, 3.8) is 0 Å². The lowest BCUT2D eigenvalue weighted by Gasteiger charge is -2.31. The van der Waals surface area contributed by atoms with Gasteiger partial charge in [-0.2, -0.15) is 0 Å². The van der Waals surface area contributed by atoms with E-state index in [1.807, 2.05) is 19.1 Å². The van der Waals surface area contributed by atoms with E-state index in [0.717, 1.165) is 5.75 Å². The third kappa shape index (κ3) is 2.83. The number of hydrogen-bond acceptors (Lipinski definition) is 1. The van der Waals surface area contributed by atoms with Crippen LogP contribution in [0.3, 0.4) is 0 Å². The molecule has 0 aromatic heterocycles. The van der Waals surface area contributed by atoms with Crippen LogP contribution in [0.5, 0.6) is 5.75 Å². The van der Waals surface area contributed by atoms with Crippen molar-refractivity contribution in [1.29, 1.82) is 0 Å². The van der Waals surface area contributed by atoms with Gasteiger partial charge in [-0.15, -0.1) is 11.6 Å². The molecule has 0 saturated heterocycles. The second-order valence-electron chi connectivity index (χ2n) is 5.89. The molecular formula is C16H23ClO. The molecule has 0 radical (unpaired) electrons. The lowest BCUT2D eigenvalue weighted by atomic mass is 9.78. The molecule has 2 atom stereocenters. The fourth-order valence-electron chi connectivity index (χ4n) is 3.04. The Morgan fingerprint density at radius 3 is 2.50 bits per heavy atom. The summed E-state index contributed by atoms with van der Waals surface area (Å²) in [4.78, 5) is 0. The van der Waals surface area contributed by atoms with E-state index < -0.39 is 0 Å². The minimum Gasteiger partial charge on any atom is -0.494 e. The van der Waals surface area contributed by atoms with Crippen LogP contribution >= 0.6 is 11.6 Å². The Hall–Kier alpha value is -0.690. The monoisotopic (exact) mass is 266 g/mol. The number of rotatable bonds is 4. The molecule has 0 bridgehead atoms. The van der Waals surface area contributed by atoms with Crippen LogP contribution in [0, 0.1) is 11.3 Å². The van der Waals surface area contributed by atoms with Gasteiger partial charge in [0.1, 0.15) is 5.75 Å². The van der Waals surface area contributed by atoms with E-state index >= 15 is 0 Å². The number of alkyl halides is 1. The Balaban J connectivity index is 2.11. The van der Waals surface area contributed by atoms with Gasteiger partial charge in [0.15, 0.2) is 0 Å². The lowest BCUT2D eigenvalue weighted by Crippen LogP contribution is -2.21. The zero-order chi connectivity index (χ0) is 13.2.